The summed E-state index contributed by atoms with van der Waals surface area (Å²) in [4.78, 5) is 14.7. The van der Waals surface area contributed by atoms with Crippen LogP contribution in [0.4, 0.5) is 0 Å². The Morgan fingerprint density at radius 2 is 1.95 bits per heavy atom. The normalized spacial score (nSPS) is 24.0. The smallest absolute Gasteiger partial charge is 0.242 e. The van der Waals surface area contributed by atoms with E-state index >= 15 is 0 Å². The first-order valence-electron chi connectivity index (χ1n) is 7.94. The quantitative estimate of drug-likeness (QED) is 0.808. The molecule has 1 aromatic rings. The Morgan fingerprint density at radius 1 is 1.32 bits per heavy atom. The van der Waals surface area contributed by atoms with Crippen LogP contribution >= 0.6 is 0 Å². The van der Waals surface area contributed by atoms with Crippen LogP contribution in [0.25, 0.3) is 0 Å². The number of carbonyl (C=O) groups is 1. The van der Waals surface area contributed by atoms with E-state index in [1.807, 2.05) is 51.1 Å². The predicted octanol–water partition coefficient (Wildman–Crippen LogP) is 2.52. The zero-order valence-corrected chi connectivity index (χ0v) is 14.3. The average Bonchev–Trinajstić information content (AvgIpc) is 2.96. The topological polar surface area (TPSA) is 46.6 Å². The molecule has 1 amide bonds. The van der Waals surface area contributed by atoms with E-state index in [1.54, 1.807) is 4.90 Å². The van der Waals surface area contributed by atoms with Crippen LogP contribution < -0.4 is 0 Å². The van der Waals surface area contributed by atoms with E-state index in [9.17, 15) is 9.00 Å². The van der Waals surface area contributed by atoms with Crippen molar-refractivity contribution in [1.82, 2.24) is 4.90 Å². The molecule has 1 aromatic carbocycles. The molecule has 0 bridgehead atoms. The fourth-order valence-corrected chi connectivity index (χ4v) is 4.80. The van der Waals surface area contributed by atoms with Gasteiger partial charge in [0.15, 0.2) is 0 Å². The number of likely N-dealkylation sites (N-methyl/N-ethyl adjacent to an activating group) is 1. The van der Waals surface area contributed by atoms with Gasteiger partial charge in [-0.15, -0.1) is 0 Å². The summed E-state index contributed by atoms with van der Waals surface area (Å²) in [5.41, 5.74) is 0.830. The largest absolute Gasteiger partial charge is 0.377 e. The highest BCUT2D eigenvalue weighted by Gasteiger charge is 2.39. The van der Waals surface area contributed by atoms with E-state index in [4.69, 9.17) is 4.74 Å². The Labute approximate surface area is 135 Å². The van der Waals surface area contributed by atoms with Crippen molar-refractivity contribution in [3.05, 3.63) is 35.9 Å². The second-order valence-corrected chi connectivity index (χ2v) is 7.27. The Bertz CT molecular complexity index is 516. The highest BCUT2D eigenvalue weighted by molar-refractivity contribution is 7.86. The summed E-state index contributed by atoms with van der Waals surface area (Å²) in [6, 6.07) is 9.48. The lowest BCUT2D eigenvalue weighted by molar-refractivity contribution is -0.130. The molecule has 1 saturated heterocycles. The molecule has 1 fully saturated rings. The minimum atomic E-state index is -1.28. The van der Waals surface area contributed by atoms with Gasteiger partial charge in [0.25, 0.3) is 0 Å². The van der Waals surface area contributed by atoms with Crippen LogP contribution in [0.3, 0.4) is 0 Å². The molecule has 0 N–H and O–H groups in total. The van der Waals surface area contributed by atoms with Gasteiger partial charge in [-0.25, -0.2) is 0 Å². The highest BCUT2D eigenvalue weighted by atomic mass is 32.2. The van der Waals surface area contributed by atoms with Crippen molar-refractivity contribution in [2.24, 2.45) is 0 Å². The molecule has 0 spiro atoms. The molecule has 0 saturated carbocycles. The van der Waals surface area contributed by atoms with Gasteiger partial charge in [0.05, 0.1) is 11.4 Å². The van der Waals surface area contributed by atoms with E-state index in [0.29, 0.717) is 19.7 Å². The number of amides is 1. The van der Waals surface area contributed by atoms with Crippen LogP contribution in [0.15, 0.2) is 30.3 Å². The van der Waals surface area contributed by atoms with E-state index in [0.717, 1.165) is 12.0 Å². The van der Waals surface area contributed by atoms with Gasteiger partial charge in [0.2, 0.25) is 5.91 Å². The molecular weight excluding hydrogens is 298 g/mol. The minimum absolute atomic E-state index is 0.0476. The summed E-state index contributed by atoms with van der Waals surface area (Å²) in [5.74, 6) is -0.0476. The Kier molecular flexibility index (Phi) is 6.15. The number of hydrogen-bond donors (Lipinski definition) is 0. The number of hydrogen-bond acceptors (Lipinski definition) is 3. The van der Waals surface area contributed by atoms with Crippen LogP contribution in [0, 0.1) is 0 Å². The van der Waals surface area contributed by atoms with Crippen molar-refractivity contribution >= 4 is 16.7 Å². The Hall–Kier alpha value is -1.20. The molecule has 0 unspecified atom stereocenters. The Balaban J connectivity index is 2.33. The number of rotatable bonds is 6. The monoisotopic (exact) mass is 323 g/mol. The third kappa shape index (κ3) is 3.58. The zero-order valence-electron chi connectivity index (χ0n) is 13.5. The molecule has 1 heterocycles. The van der Waals surface area contributed by atoms with Crippen LogP contribution in [0.5, 0.6) is 0 Å². The molecule has 22 heavy (non-hydrogen) atoms. The van der Waals surface area contributed by atoms with Gasteiger partial charge in [-0.2, -0.15) is 0 Å². The number of benzene rings is 1. The molecule has 2 rings (SSSR count). The first kappa shape index (κ1) is 17.2. The van der Waals surface area contributed by atoms with Gasteiger partial charge in [0.1, 0.15) is 5.25 Å². The fourth-order valence-electron chi connectivity index (χ4n) is 2.90. The van der Waals surface area contributed by atoms with Gasteiger partial charge in [-0.3, -0.25) is 9.00 Å². The summed E-state index contributed by atoms with van der Waals surface area (Å²) < 4.78 is 18.7. The highest BCUT2D eigenvalue weighted by Crippen LogP contribution is 2.30. The van der Waals surface area contributed by atoms with Crippen molar-refractivity contribution in [3.8, 4) is 0 Å². The van der Waals surface area contributed by atoms with Crippen molar-refractivity contribution in [2.75, 3.05) is 19.7 Å². The molecule has 1 aliphatic rings. The summed E-state index contributed by atoms with van der Waals surface area (Å²) >= 11 is 0. The van der Waals surface area contributed by atoms with E-state index < -0.39 is 16.0 Å². The Morgan fingerprint density at radius 3 is 2.45 bits per heavy atom. The van der Waals surface area contributed by atoms with E-state index in [2.05, 4.69) is 0 Å². The maximum absolute atomic E-state index is 13.1. The van der Waals surface area contributed by atoms with Gasteiger partial charge in [-0.05, 0) is 32.8 Å². The number of nitrogens with zero attached hydrogens (tertiary/aromatic N) is 1. The summed E-state index contributed by atoms with van der Waals surface area (Å²) in [6.07, 6.45) is 0.694. The first-order chi connectivity index (χ1) is 10.6. The van der Waals surface area contributed by atoms with Gasteiger partial charge in [-0.1, -0.05) is 30.3 Å². The third-order valence-electron chi connectivity index (χ3n) is 4.24. The number of ether oxygens (including phenoxy) is 1. The molecule has 1 aliphatic heterocycles. The molecular formula is C17H25NO3S. The number of carbonyl (C=O) groups excluding carboxylic acids is 1. The van der Waals surface area contributed by atoms with Crippen LogP contribution in [-0.2, 0) is 20.3 Å². The fraction of sp³-hybridized carbons (Fsp3) is 0.588. The molecule has 0 aromatic heterocycles. The molecule has 4 nitrogen and oxygen atoms in total. The average molecular weight is 323 g/mol. The van der Waals surface area contributed by atoms with Crippen molar-refractivity contribution < 1.29 is 13.7 Å². The SMILES string of the molecule is CCN(CC)C(=O)[C@H](c1ccccc1)[S@](=O)[C@@H]1CCO[C@@H]1C. The minimum Gasteiger partial charge on any atom is -0.377 e. The summed E-state index contributed by atoms with van der Waals surface area (Å²) in [5, 5.41) is -0.681. The molecule has 0 aliphatic carbocycles. The first-order valence-corrected chi connectivity index (χ1v) is 9.22. The van der Waals surface area contributed by atoms with Gasteiger partial charge in [0, 0.05) is 30.5 Å². The lowest BCUT2D eigenvalue weighted by Gasteiger charge is -2.27. The molecule has 4 atom stereocenters. The lowest BCUT2D eigenvalue weighted by atomic mass is 10.1. The van der Waals surface area contributed by atoms with Gasteiger partial charge < -0.3 is 9.64 Å². The van der Waals surface area contributed by atoms with E-state index in [-0.39, 0.29) is 17.3 Å². The van der Waals surface area contributed by atoms with Crippen LogP contribution in [-0.4, -0.2) is 46.1 Å². The summed E-state index contributed by atoms with van der Waals surface area (Å²) in [6.45, 7) is 7.73. The van der Waals surface area contributed by atoms with Crippen LogP contribution in [0.1, 0.15) is 38.0 Å². The van der Waals surface area contributed by atoms with Gasteiger partial charge >= 0.3 is 0 Å². The maximum Gasteiger partial charge on any atom is 0.242 e. The van der Waals surface area contributed by atoms with Crippen molar-refractivity contribution in [3.63, 3.8) is 0 Å². The predicted molar refractivity (Wildman–Crippen MR) is 89.1 cm³/mol. The zero-order chi connectivity index (χ0) is 16.1. The van der Waals surface area contributed by atoms with Crippen molar-refractivity contribution in [2.45, 2.75) is 43.8 Å². The molecule has 122 valence electrons. The second kappa shape index (κ2) is 7.88. The van der Waals surface area contributed by atoms with Crippen molar-refractivity contribution in [1.29, 1.82) is 0 Å². The molecule has 0 radical (unpaired) electrons. The summed E-state index contributed by atoms with van der Waals surface area (Å²) in [7, 11) is -1.28. The lowest BCUT2D eigenvalue weighted by Crippen LogP contribution is -2.39. The molecule has 5 heteroatoms. The maximum atomic E-state index is 13.1. The standard InChI is InChI=1S/C17H25NO3S/c1-4-18(5-2)17(19)16(14-9-7-6-8-10-14)22(20)15-11-12-21-13(15)3/h6-10,13,15-16H,4-5,11-12H2,1-3H3/t13-,15-,16+,22-/m1/s1. The van der Waals surface area contributed by atoms with Crippen LogP contribution in [0.2, 0.25) is 0 Å². The second-order valence-electron chi connectivity index (χ2n) is 5.53. The third-order valence-corrected chi connectivity index (χ3v) is 6.39. The van der Waals surface area contributed by atoms with E-state index in [1.165, 1.54) is 0 Å².